The third-order valence-corrected chi connectivity index (χ3v) is 7.60. The quantitative estimate of drug-likeness (QED) is 0.576. The number of carbonyl (C=O) groups is 1. The Labute approximate surface area is 168 Å². The Morgan fingerprint density at radius 2 is 1.78 bits per heavy atom. The van der Waals surface area contributed by atoms with Crippen molar-refractivity contribution in [1.29, 1.82) is 0 Å². The molecule has 3 nitrogen and oxygen atoms in total. The summed E-state index contributed by atoms with van der Waals surface area (Å²) < 4.78 is 6.19. The molecular weight excluding hydrogens is 358 g/mol. The SMILES string of the molecule is O=CCC1CCC2(CC1)CCN(c1cc(OC3CCCC3)ccc1Cl)CC2. The van der Waals surface area contributed by atoms with Crippen LogP contribution < -0.4 is 9.64 Å². The van der Waals surface area contributed by atoms with Crippen LogP contribution in [0, 0.1) is 11.3 Å². The molecule has 4 rings (SSSR count). The summed E-state index contributed by atoms with van der Waals surface area (Å²) in [6, 6.07) is 6.17. The van der Waals surface area contributed by atoms with Crippen molar-refractivity contribution in [2.24, 2.45) is 11.3 Å². The van der Waals surface area contributed by atoms with Crippen LogP contribution in [0.4, 0.5) is 5.69 Å². The fourth-order valence-corrected chi connectivity index (χ4v) is 5.63. The van der Waals surface area contributed by atoms with E-state index in [1.165, 1.54) is 64.2 Å². The average Bonchev–Trinajstić information content (AvgIpc) is 3.20. The Bertz CT molecular complexity index is 638. The molecule has 0 N–H and O–H groups in total. The highest BCUT2D eigenvalue weighted by Gasteiger charge is 2.38. The maximum absolute atomic E-state index is 10.8. The predicted molar refractivity (Wildman–Crippen MR) is 111 cm³/mol. The van der Waals surface area contributed by atoms with Crippen molar-refractivity contribution < 1.29 is 9.53 Å². The topological polar surface area (TPSA) is 29.5 Å². The average molecular weight is 390 g/mol. The number of hydrogen-bond donors (Lipinski definition) is 0. The Morgan fingerprint density at radius 1 is 1.07 bits per heavy atom. The third kappa shape index (κ3) is 4.45. The van der Waals surface area contributed by atoms with E-state index in [9.17, 15) is 4.79 Å². The molecule has 2 aliphatic carbocycles. The van der Waals surface area contributed by atoms with Gasteiger partial charge in [-0.25, -0.2) is 0 Å². The summed E-state index contributed by atoms with van der Waals surface area (Å²) in [5.74, 6) is 1.60. The number of aldehydes is 1. The van der Waals surface area contributed by atoms with Crippen LogP contribution in [0.5, 0.6) is 5.75 Å². The minimum Gasteiger partial charge on any atom is -0.490 e. The van der Waals surface area contributed by atoms with Crippen LogP contribution in [0.1, 0.15) is 70.6 Å². The van der Waals surface area contributed by atoms with Crippen LogP contribution in [0.25, 0.3) is 0 Å². The van der Waals surface area contributed by atoms with Crippen LogP contribution in [0.2, 0.25) is 5.02 Å². The number of anilines is 1. The standard InChI is InChI=1S/C23H32ClNO2/c24-21-6-5-20(27-19-3-1-2-4-19)17-22(21)25-14-12-23(13-15-25)10-7-18(8-11-23)9-16-26/h5-6,16-19H,1-4,7-15H2. The maximum Gasteiger partial charge on any atom is 0.121 e. The molecule has 2 saturated carbocycles. The minimum absolute atomic E-state index is 0.380. The summed E-state index contributed by atoms with van der Waals surface area (Å²) in [7, 11) is 0. The van der Waals surface area contributed by atoms with Crippen molar-refractivity contribution in [2.75, 3.05) is 18.0 Å². The smallest absolute Gasteiger partial charge is 0.121 e. The van der Waals surface area contributed by atoms with Gasteiger partial charge in [0.2, 0.25) is 0 Å². The maximum atomic E-state index is 10.8. The highest BCUT2D eigenvalue weighted by molar-refractivity contribution is 6.33. The fraction of sp³-hybridized carbons (Fsp3) is 0.696. The van der Waals surface area contributed by atoms with Crippen molar-refractivity contribution in [3.8, 4) is 5.75 Å². The number of nitrogens with zero attached hydrogens (tertiary/aromatic N) is 1. The van der Waals surface area contributed by atoms with Gasteiger partial charge in [-0.1, -0.05) is 11.6 Å². The van der Waals surface area contributed by atoms with Gasteiger partial charge < -0.3 is 14.4 Å². The zero-order valence-electron chi connectivity index (χ0n) is 16.3. The van der Waals surface area contributed by atoms with E-state index in [0.29, 0.717) is 17.4 Å². The molecule has 0 unspecified atom stereocenters. The predicted octanol–water partition coefficient (Wildman–Crippen LogP) is 6.03. The van der Waals surface area contributed by atoms with E-state index in [1.807, 2.05) is 12.1 Å². The van der Waals surface area contributed by atoms with E-state index >= 15 is 0 Å². The van der Waals surface area contributed by atoms with E-state index in [4.69, 9.17) is 16.3 Å². The largest absolute Gasteiger partial charge is 0.490 e. The molecule has 27 heavy (non-hydrogen) atoms. The zero-order chi connectivity index (χ0) is 18.7. The molecule has 148 valence electrons. The van der Waals surface area contributed by atoms with Gasteiger partial charge in [-0.2, -0.15) is 0 Å². The molecule has 1 aromatic rings. The highest BCUT2D eigenvalue weighted by Crippen LogP contribution is 2.48. The monoisotopic (exact) mass is 389 g/mol. The van der Waals surface area contributed by atoms with Crippen molar-refractivity contribution >= 4 is 23.6 Å². The number of halogens is 1. The van der Waals surface area contributed by atoms with Crippen molar-refractivity contribution in [3.05, 3.63) is 23.2 Å². The Kier molecular flexibility index (Phi) is 5.96. The van der Waals surface area contributed by atoms with E-state index in [2.05, 4.69) is 11.0 Å². The van der Waals surface area contributed by atoms with Gasteiger partial charge >= 0.3 is 0 Å². The number of ether oxygens (including phenoxy) is 1. The summed E-state index contributed by atoms with van der Waals surface area (Å²) >= 11 is 6.55. The molecule has 0 radical (unpaired) electrons. The fourth-order valence-electron chi connectivity index (χ4n) is 5.39. The van der Waals surface area contributed by atoms with E-state index < -0.39 is 0 Å². The second-order valence-corrected chi connectivity index (χ2v) is 9.38. The van der Waals surface area contributed by atoms with Gasteiger partial charge in [-0.05, 0) is 87.7 Å². The summed E-state index contributed by atoms with van der Waals surface area (Å²) in [6.07, 6.45) is 14.7. The summed E-state index contributed by atoms with van der Waals surface area (Å²) in [5, 5.41) is 0.833. The first kappa shape index (κ1) is 19.1. The van der Waals surface area contributed by atoms with Crippen molar-refractivity contribution in [1.82, 2.24) is 0 Å². The van der Waals surface area contributed by atoms with Crippen LogP contribution >= 0.6 is 11.6 Å². The molecular formula is C23H32ClNO2. The normalized spacial score (nSPS) is 23.7. The Morgan fingerprint density at radius 3 is 2.44 bits per heavy atom. The molecule has 1 saturated heterocycles. The summed E-state index contributed by atoms with van der Waals surface area (Å²) in [5.41, 5.74) is 1.64. The zero-order valence-corrected chi connectivity index (χ0v) is 17.1. The van der Waals surface area contributed by atoms with Gasteiger partial charge in [0.05, 0.1) is 16.8 Å². The molecule has 3 fully saturated rings. The van der Waals surface area contributed by atoms with Crippen LogP contribution in [-0.2, 0) is 4.79 Å². The van der Waals surface area contributed by atoms with Gasteiger partial charge in [-0.15, -0.1) is 0 Å². The summed E-state index contributed by atoms with van der Waals surface area (Å²) in [6.45, 7) is 2.15. The van der Waals surface area contributed by atoms with Crippen LogP contribution in [0.3, 0.4) is 0 Å². The number of rotatable bonds is 5. The number of carbonyl (C=O) groups excluding carboxylic acids is 1. The van der Waals surface area contributed by atoms with Crippen molar-refractivity contribution in [3.63, 3.8) is 0 Å². The van der Waals surface area contributed by atoms with Crippen LogP contribution in [0.15, 0.2) is 18.2 Å². The van der Waals surface area contributed by atoms with Crippen LogP contribution in [-0.4, -0.2) is 25.5 Å². The molecule has 1 spiro atoms. The molecule has 0 atom stereocenters. The molecule has 0 aromatic heterocycles. The summed E-state index contributed by atoms with van der Waals surface area (Å²) in [4.78, 5) is 13.2. The Hall–Kier alpha value is -1.22. The molecule has 4 heteroatoms. The van der Waals surface area contributed by atoms with Gasteiger partial charge in [0.1, 0.15) is 12.0 Å². The first-order chi connectivity index (χ1) is 13.2. The van der Waals surface area contributed by atoms with Gasteiger partial charge in [0.15, 0.2) is 0 Å². The molecule has 1 aliphatic heterocycles. The number of benzene rings is 1. The van der Waals surface area contributed by atoms with Crippen molar-refractivity contribution in [2.45, 2.75) is 76.7 Å². The first-order valence-electron chi connectivity index (χ1n) is 10.8. The van der Waals surface area contributed by atoms with E-state index in [0.717, 1.165) is 42.3 Å². The minimum atomic E-state index is 0.380. The lowest BCUT2D eigenvalue weighted by molar-refractivity contribution is -0.109. The first-order valence-corrected chi connectivity index (χ1v) is 11.2. The molecule has 1 aromatic carbocycles. The second-order valence-electron chi connectivity index (χ2n) is 8.97. The third-order valence-electron chi connectivity index (χ3n) is 7.28. The van der Waals surface area contributed by atoms with Gasteiger partial charge in [0.25, 0.3) is 0 Å². The molecule has 0 amide bonds. The Balaban J connectivity index is 1.37. The van der Waals surface area contributed by atoms with E-state index in [1.54, 1.807) is 0 Å². The lowest BCUT2D eigenvalue weighted by Crippen LogP contribution is -2.42. The molecule has 0 bridgehead atoms. The van der Waals surface area contributed by atoms with Gasteiger partial charge in [-0.3, -0.25) is 0 Å². The highest BCUT2D eigenvalue weighted by atomic mass is 35.5. The number of piperidine rings is 1. The van der Waals surface area contributed by atoms with E-state index in [-0.39, 0.29) is 0 Å². The second kappa shape index (κ2) is 8.43. The number of hydrogen-bond acceptors (Lipinski definition) is 3. The lowest BCUT2D eigenvalue weighted by atomic mass is 9.65. The lowest BCUT2D eigenvalue weighted by Gasteiger charge is -2.46. The molecule has 3 aliphatic rings. The van der Waals surface area contributed by atoms with Gasteiger partial charge in [0, 0.05) is 25.6 Å². The molecule has 1 heterocycles.